The van der Waals surface area contributed by atoms with E-state index in [0.717, 1.165) is 12.1 Å². The van der Waals surface area contributed by atoms with E-state index in [1.54, 1.807) is 0 Å². The summed E-state index contributed by atoms with van der Waals surface area (Å²) in [6.45, 7) is -0.140. The Morgan fingerprint density at radius 1 is 1.36 bits per heavy atom. The lowest BCUT2D eigenvalue weighted by Gasteiger charge is -1.99. The lowest BCUT2D eigenvalue weighted by atomic mass is 10.1. The maximum Gasteiger partial charge on any atom is 0.164 e. The van der Waals surface area contributed by atoms with Gasteiger partial charge < -0.3 is 10.8 Å². The third-order valence-electron chi connectivity index (χ3n) is 1.57. The Morgan fingerprint density at radius 2 is 2.07 bits per heavy atom. The van der Waals surface area contributed by atoms with Crippen LogP contribution in [0.4, 0.5) is 14.5 Å². The fraction of sp³-hybridized carbons (Fsp3) is 0.200. The fourth-order valence-electron chi connectivity index (χ4n) is 0.890. The van der Waals surface area contributed by atoms with Gasteiger partial charge in [-0.15, -0.1) is 0 Å². The van der Waals surface area contributed by atoms with Gasteiger partial charge in [0.25, 0.3) is 0 Å². The van der Waals surface area contributed by atoms with Crippen molar-refractivity contribution in [2.45, 2.75) is 6.42 Å². The Labute approximate surface area is 80.4 Å². The van der Waals surface area contributed by atoms with E-state index >= 15 is 0 Å². The third-order valence-corrected chi connectivity index (χ3v) is 1.57. The summed E-state index contributed by atoms with van der Waals surface area (Å²) in [6, 6.07) is 2.20. The van der Waals surface area contributed by atoms with E-state index in [9.17, 15) is 8.78 Å². The SMILES string of the molecule is Nc1ccc(F)c(C#CCCO)c1F. The average molecular weight is 197 g/mol. The van der Waals surface area contributed by atoms with Crippen LogP contribution in [0, 0.1) is 23.5 Å². The maximum absolute atomic E-state index is 13.2. The standard InChI is InChI=1S/C10H9F2NO/c11-8-4-5-9(13)10(12)7(8)3-1-2-6-14/h4-5,14H,2,6,13H2. The van der Waals surface area contributed by atoms with Gasteiger partial charge in [-0.1, -0.05) is 11.8 Å². The molecule has 0 saturated heterocycles. The summed E-state index contributed by atoms with van der Waals surface area (Å²) in [5.41, 5.74) is 4.75. The molecule has 1 rings (SSSR count). The van der Waals surface area contributed by atoms with Crippen molar-refractivity contribution in [2.75, 3.05) is 12.3 Å². The summed E-state index contributed by atoms with van der Waals surface area (Å²) in [7, 11) is 0. The highest BCUT2D eigenvalue weighted by Gasteiger charge is 2.08. The first-order valence-corrected chi connectivity index (χ1v) is 4.00. The van der Waals surface area contributed by atoms with Crippen molar-refractivity contribution in [3.63, 3.8) is 0 Å². The van der Waals surface area contributed by atoms with Gasteiger partial charge in [-0.2, -0.15) is 0 Å². The lowest BCUT2D eigenvalue weighted by molar-refractivity contribution is 0.305. The number of nitrogens with two attached hydrogens (primary N) is 1. The zero-order chi connectivity index (χ0) is 10.6. The smallest absolute Gasteiger partial charge is 0.164 e. The van der Waals surface area contributed by atoms with Crippen LogP contribution in [0.15, 0.2) is 12.1 Å². The van der Waals surface area contributed by atoms with Gasteiger partial charge in [-0.25, -0.2) is 8.78 Å². The molecule has 0 heterocycles. The highest BCUT2D eigenvalue weighted by molar-refractivity contribution is 5.49. The molecule has 0 aliphatic heterocycles. The van der Waals surface area contributed by atoms with Gasteiger partial charge in [0.1, 0.15) is 5.82 Å². The van der Waals surface area contributed by atoms with Gasteiger partial charge in [0, 0.05) is 6.42 Å². The number of rotatable bonds is 1. The fourth-order valence-corrected chi connectivity index (χ4v) is 0.890. The molecule has 1 aromatic rings. The molecule has 3 N–H and O–H groups in total. The number of nitrogen functional groups attached to an aromatic ring is 1. The van der Waals surface area contributed by atoms with E-state index < -0.39 is 11.6 Å². The van der Waals surface area contributed by atoms with Crippen LogP contribution in [-0.4, -0.2) is 11.7 Å². The molecule has 0 aliphatic carbocycles. The molecule has 1 aromatic carbocycles. The summed E-state index contributed by atoms with van der Waals surface area (Å²) in [4.78, 5) is 0. The first-order valence-electron chi connectivity index (χ1n) is 4.00. The first-order chi connectivity index (χ1) is 6.66. The Bertz CT molecular complexity index is 393. The van der Waals surface area contributed by atoms with E-state index in [0.29, 0.717) is 0 Å². The molecule has 4 heteroatoms. The van der Waals surface area contributed by atoms with E-state index in [1.807, 2.05) is 0 Å². The minimum Gasteiger partial charge on any atom is -0.396 e. The second-order valence-electron chi connectivity index (χ2n) is 2.60. The number of benzene rings is 1. The Morgan fingerprint density at radius 3 is 2.71 bits per heavy atom. The van der Waals surface area contributed by atoms with Gasteiger partial charge >= 0.3 is 0 Å². The summed E-state index contributed by atoms with van der Waals surface area (Å²) in [5.74, 6) is 3.11. The molecular formula is C10H9F2NO. The summed E-state index contributed by atoms with van der Waals surface area (Å²) < 4.78 is 26.2. The van der Waals surface area contributed by atoms with Crippen LogP contribution in [0.2, 0.25) is 0 Å². The normalized spacial score (nSPS) is 9.36. The second kappa shape index (κ2) is 4.58. The first kappa shape index (κ1) is 10.5. The number of hydrogen-bond donors (Lipinski definition) is 2. The Balaban J connectivity index is 3.08. The molecule has 0 aliphatic rings. The predicted molar refractivity (Wildman–Crippen MR) is 49.4 cm³/mol. The van der Waals surface area contributed by atoms with Crippen molar-refractivity contribution < 1.29 is 13.9 Å². The third kappa shape index (κ3) is 2.21. The highest BCUT2D eigenvalue weighted by atomic mass is 19.1. The van der Waals surface area contributed by atoms with Crippen LogP contribution < -0.4 is 5.73 Å². The molecular weight excluding hydrogens is 188 g/mol. The summed E-state index contributed by atoms with van der Waals surface area (Å²) in [5, 5.41) is 8.42. The monoisotopic (exact) mass is 197 g/mol. The molecule has 0 unspecified atom stereocenters. The molecule has 0 saturated carbocycles. The van der Waals surface area contributed by atoms with Crippen molar-refractivity contribution in [1.82, 2.24) is 0 Å². The minimum atomic E-state index is -0.851. The summed E-state index contributed by atoms with van der Waals surface area (Å²) in [6.07, 6.45) is 0.174. The average Bonchev–Trinajstić information content (AvgIpc) is 2.18. The van der Waals surface area contributed by atoms with Crippen LogP contribution >= 0.6 is 0 Å². The number of aliphatic hydroxyl groups excluding tert-OH is 1. The zero-order valence-electron chi connectivity index (χ0n) is 7.35. The van der Waals surface area contributed by atoms with Crippen molar-refractivity contribution >= 4 is 5.69 Å². The number of aliphatic hydroxyl groups is 1. The van der Waals surface area contributed by atoms with E-state index in [2.05, 4.69) is 11.8 Å². The van der Waals surface area contributed by atoms with Crippen LogP contribution in [0.25, 0.3) is 0 Å². The van der Waals surface area contributed by atoms with Crippen LogP contribution in [0.1, 0.15) is 12.0 Å². The minimum absolute atomic E-state index is 0.139. The molecule has 0 aromatic heterocycles. The molecule has 0 atom stereocenters. The Hall–Kier alpha value is -1.60. The summed E-state index contributed by atoms with van der Waals surface area (Å²) >= 11 is 0. The number of halogens is 2. The van der Waals surface area contributed by atoms with Gasteiger partial charge in [-0.3, -0.25) is 0 Å². The number of hydrogen-bond acceptors (Lipinski definition) is 2. The van der Waals surface area contributed by atoms with Gasteiger partial charge in [-0.05, 0) is 12.1 Å². The largest absolute Gasteiger partial charge is 0.396 e. The maximum atomic E-state index is 13.2. The van der Waals surface area contributed by atoms with E-state index in [4.69, 9.17) is 10.8 Å². The molecule has 0 bridgehead atoms. The van der Waals surface area contributed by atoms with Crippen LogP contribution in [0.3, 0.4) is 0 Å². The molecule has 2 nitrogen and oxygen atoms in total. The highest BCUT2D eigenvalue weighted by Crippen LogP contribution is 2.17. The van der Waals surface area contributed by atoms with E-state index in [1.165, 1.54) is 0 Å². The number of anilines is 1. The topological polar surface area (TPSA) is 46.2 Å². The second-order valence-corrected chi connectivity index (χ2v) is 2.60. The molecule has 0 radical (unpaired) electrons. The predicted octanol–water partition coefficient (Wildman–Crippen LogP) is 1.28. The van der Waals surface area contributed by atoms with Crippen LogP contribution in [-0.2, 0) is 0 Å². The molecule has 0 fully saturated rings. The van der Waals surface area contributed by atoms with Crippen molar-refractivity contribution in [2.24, 2.45) is 0 Å². The van der Waals surface area contributed by atoms with Gasteiger partial charge in [0.15, 0.2) is 5.82 Å². The molecule has 0 spiro atoms. The van der Waals surface area contributed by atoms with Gasteiger partial charge in [0.2, 0.25) is 0 Å². The van der Waals surface area contributed by atoms with Crippen LogP contribution in [0.5, 0.6) is 0 Å². The molecule has 14 heavy (non-hydrogen) atoms. The van der Waals surface area contributed by atoms with Crippen molar-refractivity contribution in [1.29, 1.82) is 0 Å². The molecule has 74 valence electrons. The van der Waals surface area contributed by atoms with Gasteiger partial charge in [0.05, 0.1) is 17.9 Å². The molecule has 0 amide bonds. The quantitative estimate of drug-likeness (QED) is 0.526. The Kier molecular flexibility index (Phi) is 3.43. The lowest BCUT2D eigenvalue weighted by Crippen LogP contribution is -1.96. The van der Waals surface area contributed by atoms with Crippen molar-refractivity contribution in [3.05, 3.63) is 29.3 Å². The van der Waals surface area contributed by atoms with E-state index in [-0.39, 0.29) is 24.3 Å². The zero-order valence-corrected chi connectivity index (χ0v) is 7.35. The van der Waals surface area contributed by atoms with Crippen molar-refractivity contribution in [3.8, 4) is 11.8 Å².